The number of hydrogen-bond acceptors (Lipinski definition) is 4. The highest BCUT2D eigenvalue weighted by molar-refractivity contribution is 7.98. The number of thioether (sulfide) groups is 1. The van der Waals surface area contributed by atoms with Crippen molar-refractivity contribution in [3.05, 3.63) is 0 Å². The van der Waals surface area contributed by atoms with Gasteiger partial charge in [-0.2, -0.15) is 11.8 Å². The summed E-state index contributed by atoms with van der Waals surface area (Å²) in [5, 5.41) is 0. The summed E-state index contributed by atoms with van der Waals surface area (Å²) in [6.45, 7) is 9.03. The van der Waals surface area contributed by atoms with Crippen molar-refractivity contribution >= 4 is 11.8 Å². The summed E-state index contributed by atoms with van der Waals surface area (Å²) in [6.07, 6.45) is 7.20. The van der Waals surface area contributed by atoms with Gasteiger partial charge in [-0.05, 0) is 71.3 Å². The van der Waals surface area contributed by atoms with E-state index in [9.17, 15) is 0 Å². The highest BCUT2D eigenvalue weighted by Gasteiger charge is 2.36. The van der Waals surface area contributed by atoms with Gasteiger partial charge in [0.15, 0.2) is 0 Å². The van der Waals surface area contributed by atoms with E-state index in [0.29, 0.717) is 6.04 Å². The molecule has 1 heterocycles. The van der Waals surface area contributed by atoms with Gasteiger partial charge in [0.25, 0.3) is 0 Å². The van der Waals surface area contributed by atoms with Crippen molar-refractivity contribution in [2.45, 2.75) is 51.1 Å². The topological polar surface area (TPSA) is 32.5 Å². The average molecular weight is 288 g/mol. The maximum absolute atomic E-state index is 6.20. The van der Waals surface area contributed by atoms with Crippen molar-refractivity contribution in [3.8, 4) is 0 Å². The molecule has 0 aliphatic carbocycles. The lowest BCUT2D eigenvalue weighted by Gasteiger charge is -2.44. The van der Waals surface area contributed by atoms with Crippen LogP contribution in [0.3, 0.4) is 0 Å². The fraction of sp³-hybridized carbons (Fsp3) is 1.00. The van der Waals surface area contributed by atoms with Crippen LogP contribution in [0.25, 0.3) is 0 Å². The van der Waals surface area contributed by atoms with Crippen LogP contribution in [0, 0.1) is 0 Å². The van der Waals surface area contributed by atoms with Crippen LogP contribution in [0.4, 0.5) is 0 Å². The van der Waals surface area contributed by atoms with Crippen molar-refractivity contribution in [1.29, 1.82) is 0 Å². The van der Waals surface area contributed by atoms with Crippen LogP contribution >= 0.6 is 11.8 Å². The molecule has 2 unspecified atom stereocenters. The molecule has 0 saturated carbocycles. The molecule has 19 heavy (non-hydrogen) atoms. The van der Waals surface area contributed by atoms with Crippen molar-refractivity contribution < 1.29 is 0 Å². The molecule has 0 amide bonds. The standard InChI is InChI=1S/C15H33N3S/c1-5-18-10-6-8-15(13-16,9-11-18)17(3)14(2)7-12-19-4/h14H,5-13,16H2,1-4H3. The predicted octanol–water partition coefficient (Wildman–Crippen LogP) is 2.26. The van der Waals surface area contributed by atoms with Crippen molar-refractivity contribution in [1.82, 2.24) is 9.80 Å². The molecule has 0 aromatic rings. The molecule has 0 aromatic carbocycles. The molecule has 0 spiro atoms. The fourth-order valence-corrected chi connectivity index (χ4v) is 3.78. The first-order valence-electron chi connectivity index (χ1n) is 7.74. The maximum Gasteiger partial charge on any atom is 0.0344 e. The first-order chi connectivity index (χ1) is 9.09. The van der Waals surface area contributed by atoms with E-state index in [1.807, 2.05) is 11.8 Å². The quantitative estimate of drug-likeness (QED) is 0.778. The first kappa shape index (κ1) is 17.3. The summed E-state index contributed by atoms with van der Waals surface area (Å²) >= 11 is 1.94. The molecule has 1 saturated heterocycles. The summed E-state index contributed by atoms with van der Waals surface area (Å²) in [5.41, 5.74) is 6.42. The summed E-state index contributed by atoms with van der Waals surface area (Å²) in [7, 11) is 2.29. The largest absolute Gasteiger partial charge is 0.329 e. The van der Waals surface area contributed by atoms with Gasteiger partial charge in [-0.15, -0.1) is 0 Å². The van der Waals surface area contributed by atoms with Gasteiger partial charge in [0.05, 0.1) is 0 Å². The predicted molar refractivity (Wildman–Crippen MR) is 88.0 cm³/mol. The third-order valence-corrected chi connectivity index (χ3v) is 5.63. The minimum Gasteiger partial charge on any atom is -0.329 e. The Morgan fingerprint density at radius 2 is 2.11 bits per heavy atom. The Bertz CT molecular complexity index is 250. The first-order valence-corrected chi connectivity index (χ1v) is 9.13. The molecule has 114 valence electrons. The second-order valence-electron chi connectivity index (χ2n) is 5.96. The molecule has 2 atom stereocenters. The zero-order chi connectivity index (χ0) is 14.3. The SMILES string of the molecule is CCN1CCCC(CN)(N(C)C(C)CCSC)CC1. The van der Waals surface area contributed by atoms with Gasteiger partial charge >= 0.3 is 0 Å². The van der Waals surface area contributed by atoms with Crippen LogP contribution in [0.2, 0.25) is 0 Å². The third kappa shape index (κ3) is 4.62. The normalized spacial score (nSPS) is 27.5. The fourth-order valence-electron chi connectivity index (χ4n) is 3.20. The molecule has 1 aliphatic heterocycles. The van der Waals surface area contributed by atoms with Crippen LogP contribution in [0.15, 0.2) is 0 Å². The van der Waals surface area contributed by atoms with E-state index < -0.39 is 0 Å². The molecule has 0 bridgehead atoms. The van der Waals surface area contributed by atoms with Crippen LogP contribution in [-0.2, 0) is 0 Å². The highest BCUT2D eigenvalue weighted by Crippen LogP contribution is 2.29. The Morgan fingerprint density at radius 1 is 1.37 bits per heavy atom. The monoisotopic (exact) mass is 287 g/mol. The number of nitrogens with zero attached hydrogens (tertiary/aromatic N) is 2. The number of hydrogen-bond donors (Lipinski definition) is 1. The van der Waals surface area contributed by atoms with E-state index in [2.05, 4.69) is 37.0 Å². The summed E-state index contributed by atoms with van der Waals surface area (Å²) in [5.74, 6) is 1.24. The van der Waals surface area contributed by atoms with Crippen molar-refractivity contribution in [2.75, 3.05) is 45.2 Å². The smallest absolute Gasteiger partial charge is 0.0344 e. The molecular formula is C15H33N3S. The van der Waals surface area contributed by atoms with E-state index in [4.69, 9.17) is 5.73 Å². The second kappa shape index (κ2) is 8.50. The van der Waals surface area contributed by atoms with Gasteiger partial charge in [0.1, 0.15) is 0 Å². The van der Waals surface area contributed by atoms with Crippen LogP contribution in [0.1, 0.15) is 39.5 Å². The Labute approximate surface area is 124 Å². The van der Waals surface area contributed by atoms with Gasteiger partial charge in [-0.3, -0.25) is 4.90 Å². The van der Waals surface area contributed by atoms with Crippen LogP contribution in [-0.4, -0.2) is 66.6 Å². The van der Waals surface area contributed by atoms with Gasteiger partial charge < -0.3 is 10.6 Å². The van der Waals surface area contributed by atoms with E-state index >= 15 is 0 Å². The highest BCUT2D eigenvalue weighted by atomic mass is 32.2. The minimum absolute atomic E-state index is 0.224. The van der Waals surface area contributed by atoms with E-state index in [1.165, 1.54) is 51.1 Å². The molecule has 0 radical (unpaired) electrons. The van der Waals surface area contributed by atoms with E-state index in [1.54, 1.807) is 0 Å². The zero-order valence-electron chi connectivity index (χ0n) is 13.3. The Kier molecular flexibility index (Phi) is 7.73. The molecule has 3 nitrogen and oxygen atoms in total. The summed E-state index contributed by atoms with van der Waals surface area (Å²) < 4.78 is 0. The molecule has 0 aromatic heterocycles. The zero-order valence-corrected chi connectivity index (χ0v) is 14.1. The van der Waals surface area contributed by atoms with Crippen molar-refractivity contribution in [2.24, 2.45) is 5.73 Å². The molecule has 2 N–H and O–H groups in total. The third-order valence-electron chi connectivity index (χ3n) is 4.99. The number of likely N-dealkylation sites (N-methyl/N-ethyl adjacent to an activating group) is 1. The summed E-state index contributed by atoms with van der Waals surface area (Å²) in [6, 6.07) is 0.629. The molecule has 1 rings (SSSR count). The maximum atomic E-state index is 6.20. The average Bonchev–Trinajstić information content (AvgIpc) is 2.66. The lowest BCUT2D eigenvalue weighted by molar-refractivity contribution is 0.0684. The van der Waals surface area contributed by atoms with E-state index in [0.717, 1.165) is 6.54 Å². The van der Waals surface area contributed by atoms with Gasteiger partial charge in [-0.25, -0.2) is 0 Å². The second-order valence-corrected chi connectivity index (χ2v) is 6.94. The summed E-state index contributed by atoms with van der Waals surface area (Å²) in [4.78, 5) is 5.15. The molecular weight excluding hydrogens is 254 g/mol. The number of nitrogens with two attached hydrogens (primary N) is 1. The minimum atomic E-state index is 0.224. The molecule has 4 heteroatoms. The molecule has 1 fully saturated rings. The lowest BCUT2D eigenvalue weighted by Crippen LogP contribution is -2.55. The lowest BCUT2D eigenvalue weighted by atomic mass is 9.87. The van der Waals surface area contributed by atoms with E-state index in [-0.39, 0.29) is 5.54 Å². The molecule has 1 aliphatic rings. The van der Waals surface area contributed by atoms with Gasteiger partial charge in [0.2, 0.25) is 0 Å². The number of rotatable bonds is 7. The number of likely N-dealkylation sites (tertiary alicyclic amines) is 1. The Balaban J connectivity index is 2.67. The van der Waals surface area contributed by atoms with Crippen LogP contribution in [0.5, 0.6) is 0 Å². The van der Waals surface area contributed by atoms with Gasteiger partial charge in [0, 0.05) is 18.1 Å². The van der Waals surface area contributed by atoms with Gasteiger partial charge in [-0.1, -0.05) is 6.92 Å². The Hall–Kier alpha value is 0.230. The van der Waals surface area contributed by atoms with Crippen LogP contribution < -0.4 is 5.73 Å². The Morgan fingerprint density at radius 3 is 2.68 bits per heavy atom. The van der Waals surface area contributed by atoms with Crippen molar-refractivity contribution in [3.63, 3.8) is 0 Å².